The first-order valence-electron chi connectivity index (χ1n) is 9.03. The maximum atomic E-state index is 13.3. The Kier molecular flexibility index (Phi) is 5.28. The summed E-state index contributed by atoms with van der Waals surface area (Å²) in [6.45, 7) is 4.00. The van der Waals surface area contributed by atoms with Crippen molar-refractivity contribution in [3.63, 3.8) is 0 Å². The van der Waals surface area contributed by atoms with Crippen molar-refractivity contribution in [2.24, 2.45) is 4.40 Å². The van der Waals surface area contributed by atoms with Crippen LogP contribution in [0.4, 0.5) is 0 Å². The van der Waals surface area contributed by atoms with Crippen molar-refractivity contribution < 1.29 is 17.9 Å². The largest absolute Gasteiger partial charge is 0.496 e. The molecule has 1 saturated heterocycles. The smallest absolute Gasteiger partial charge is 0.345 e. The molecule has 0 bridgehead atoms. The van der Waals surface area contributed by atoms with E-state index in [0.717, 1.165) is 23.6 Å². The fourth-order valence-corrected chi connectivity index (χ4v) is 4.59. The second kappa shape index (κ2) is 7.34. The van der Waals surface area contributed by atoms with Gasteiger partial charge in [-0.25, -0.2) is 4.31 Å². The number of para-hydroxylation sites is 1. The molecule has 27 heavy (non-hydrogen) atoms. The maximum absolute atomic E-state index is 13.3. The highest BCUT2D eigenvalue weighted by atomic mass is 32.2. The van der Waals surface area contributed by atoms with Gasteiger partial charge >= 0.3 is 10.2 Å². The minimum absolute atomic E-state index is 0.0619. The van der Waals surface area contributed by atoms with Crippen LogP contribution in [0.1, 0.15) is 38.7 Å². The van der Waals surface area contributed by atoms with Crippen LogP contribution in [0, 0.1) is 0 Å². The number of likely N-dealkylation sites (N-methyl/N-ethyl adjacent to an activating group) is 1. The summed E-state index contributed by atoms with van der Waals surface area (Å²) in [4.78, 5) is 15.1. The zero-order valence-corrected chi connectivity index (χ0v) is 16.9. The summed E-state index contributed by atoms with van der Waals surface area (Å²) in [6, 6.07) is 7.14. The molecular weight excluding hydrogens is 366 g/mol. The molecule has 7 nitrogen and oxygen atoms in total. The van der Waals surface area contributed by atoms with Crippen LogP contribution >= 0.6 is 0 Å². The first-order chi connectivity index (χ1) is 12.8. The van der Waals surface area contributed by atoms with E-state index in [4.69, 9.17) is 4.74 Å². The highest BCUT2D eigenvalue weighted by molar-refractivity contribution is 7.88. The van der Waals surface area contributed by atoms with Gasteiger partial charge in [-0.15, -0.1) is 4.40 Å². The number of rotatable bonds is 3. The summed E-state index contributed by atoms with van der Waals surface area (Å²) >= 11 is 0. The van der Waals surface area contributed by atoms with Gasteiger partial charge in [-0.3, -0.25) is 4.79 Å². The summed E-state index contributed by atoms with van der Waals surface area (Å²) < 4.78 is 35.4. The number of nitrogens with zero attached hydrogens (tertiary/aromatic N) is 3. The molecule has 1 fully saturated rings. The van der Waals surface area contributed by atoms with Crippen LogP contribution in [-0.2, 0) is 15.0 Å². The molecule has 2 aliphatic rings. The third kappa shape index (κ3) is 3.58. The SMILES string of the molecule is COc1ccccc1C1=NS(=O)(=O)N(C)C(C(=O)N2C(C)CCCC2C)=C1. The van der Waals surface area contributed by atoms with Crippen molar-refractivity contribution in [1.29, 1.82) is 0 Å². The fraction of sp³-hybridized carbons (Fsp3) is 0.474. The summed E-state index contributed by atoms with van der Waals surface area (Å²) in [5.41, 5.74) is 0.833. The zero-order chi connectivity index (χ0) is 19.8. The standard InChI is InChI=1S/C19H25N3O4S/c1-13-8-7-9-14(2)22(13)19(23)17-12-16(20-27(24,25)21(17)3)15-10-5-6-11-18(15)26-4/h5-6,10-14H,7-9H2,1-4H3. The van der Waals surface area contributed by atoms with Gasteiger partial charge in [-0.2, -0.15) is 8.42 Å². The van der Waals surface area contributed by atoms with Crippen molar-refractivity contribution >= 4 is 21.8 Å². The minimum Gasteiger partial charge on any atom is -0.496 e. The van der Waals surface area contributed by atoms with Crippen LogP contribution in [-0.4, -0.2) is 55.5 Å². The van der Waals surface area contributed by atoms with Crippen LogP contribution in [0.25, 0.3) is 0 Å². The van der Waals surface area contributed by atoms with Gasteiger partial charge in [0.05, 0.1) is 12.8 Å². The molecule has 1 aromatic carbocycles. The van der Waals surface area contributed by atoms with Gasteiger partial charge in [0, 0.05) is 24.7 Å². The van der Waals surface area contributed by atoms with Crippen LogP contribution < -0.4 is 4.74 Å². The molecule has 2 unspecified atom stereocenters. The molecule has 146 valence electrons. The first-order valence-corrected chi connectivity index (χ1v) is 10.4. The lowest BCUT2D eigenvalue weighted by Crippen LogP contribution is -2.50. The molecule has 0 radical (unpaired) electrons. The van der Waals surface area contributed by atoms with Crippen LogP contribution in [0.3, 0.4) is 0 Å². The second-order valence-electron chi connectivity index (χ2n) is 6.99. The number of benzene rings is 1. The van der Waals surface area contributed by atoms with Crippen molar-refractivity contribution in [2.75, 3.05) is 14.2 Å². The van der Waals surface area contributed by atoms with Gasteiger partial charge in [0.2, 0.25) is 0 Å². The molecule has 2 aliphatic heterocycles. The topological polar surface area (TPSA) is 79.3 Å². The summed E-state index contributed by atoms with van der Waals surface area (Å²) in [6.07, 6.45) is 4.42. The number of hydrogen-bond donors (Lipinski definition) is 0. The van der Waals surface area contributed by atoms with Crippen molar-refractivity contribution in [1.82, 2.24) is 9.21 Å². The molecule has 2 heterocycles. The average molecular weight is 391 g/mol. The molecule has 0 N–H and O–H groups in total. The van der Waals surface area contributed by atoms with Crippen LogP contribution in [0.15, 0.2) is 40.4 Å². The van der Waals surface area contributed by atoms with Gasteiger partial charge in [-0.05, 0) is 51.3 Å². The van der Waals surface area contributed by atoms with Crippen molar-refractivity contribution in [2.45, 2.75) is 45.2 Å². The van der Waals surface area contributed by atoms with E-state index >= 15 is 0 Å². The second-order valence-corrected chi connectivity index (χ2v) is 8.62. The van der Waals surface area contributed by atoms with E-state index in [0.29, 0.717) is 11.3 Å². The van der Waals surface area contributed by atoms with Crippen molar-refractivity contribution in [3.8, 4) is 5.75 Å². The maximum Gasteiger partial charge on any atom is 0.345 e. The van der Waals surface area contributed by atoms with E-state index in [9.17, 15) is 13.2 Å². The summed E-state index contributed by atoms with van der Waals surface area (Å²) in [5, 5.41) is 0. The van der Waals surface area contributed by atoms with E-state index in [1.807, 2.05) is 13.8 Å². The lowest BCUT2D eigenvalue weighted by Gasteiger charge is -2.40. The van der Waals surface area contributed by atoms with E-state index < -0.39 is 10.2 Å². The first kappa shape index (κ1) is 19.4. The Hall–Kier alpha value is -2.35. The van der Waals surface area contributed by atoms with Gasteiger partial charge in [0.25, 0.3) is 5.91 Å². The summed E-state index contributed by atoms with van der Waals surface area (Å²) in [5.74, 6) is 0.210. The van der Waals surface area contributed by atoms with E-state index in [1.165, 1.54) is 20.2 Å². The van der Waals surface area contributed by atoms with Gasteiger partial charge in [0.15, 0.2) is 0 Å². The van der Waals surface area contributed by atoms with Gasteiger partial charge < -0.3 is 9.64 Å². The van der Waals surface area contributed by atoms with E-state index in [1.54, 1.807) is 29.2 Å². The predicted molar refractivity (Wildman–Crippen MR) is 104 cm³/mol. The van der Waals surface area contributed by atoms with Crippen LogP contribution in [0.5, 0.6) is 5.75 Å². The molecule has 1 aromatic rings. The van der Waals surface area contributed by atoms with Gasteiger partial charge in [0.1, 0.15) is 11.4 Å². The van der Waals surface area contributed by atoms with Crippen LogP contribution in [0.2, 0.25) is 0 Å². The molecule has 0 aromatic heterocycles. The Morgan fingerprint density at radius 1 is 1.19 bits per heavy atom. The third-order valence-electron chi connectivity index (χ3n) is 5.20. The number of carbonyl (C=O) groups excluding carboxylic acids is 1. The molecule has 3 rings (SSSR count). The Morgan fingerprint density at radius 3 is 2.44 bits per heavy atom. The van der Waals surface area contributed by atoms with Gasteiger partial charge in [-0.1, -0.05) is 12.1 Å². The highest BCUT2D eigenvalue weighted by Crippen LogP contribution is 2.29. The Labute approximate surface area is 160 Å². The Morgan fingerprint density at radius 2 is 1.81 bits per heavy atom. The van der Waals surface area contributed by atoms with E-state index in [-0.39, 0.29) is 29.4 Å². The number of amides is 1. The fourth-order valence-electron chi connectivity index (χ4n) is 3.69. The average Bonchev–Trinajstić information content (AvgIpc) is 2.63. The molecule has 0 saturated carbocycles. The van der Waals surface area contributed by atoms with E-state index in [2.05, 4.69) is 4.40 Å². The monoisotopic (exact) mass is 391 g/mol. The minimum atomic E-state index is -4.00. The summed E-state index contributed by atoms with van der Waals surface area (Å²) in [7, 11) is -1.13. The molecule has 0 aliphatic carbocycles. The Balaban J connectivity index is 2.07. The highest BCUT2D eigenvalue weighted by Gasteiger charge is 2.37. The number of hydrogen-bond acceptors (Lipinski definition) is 4. The quantitative estimate of drug-likeness (QED) is 0.792. The lowest BCUT2D eigenvalue weighted by molar-refractivity contribution is -0.134. The molecule has 8 heteroatoms. The number of piperidine rings is 1. The zero-order valence-electron chi connectivity index (χ0n) is 16.0. The Bertz CT molecular complexity index is 897. The molecule has 2 atom stereocenters. The normalized spacial score (nSPS) is 24.9. The van der Waals surface area contributed by atoms with Crippen molar-refractivity contribution in [3.05, 3.63) is 41.6 Å². The number of ether oxygens (including phenoxy) is 1. The third-order valence-corrected chi connectivity index (χ3v) is 6.52. The molecule has 0 spiro atoms. The number of methoxy groups -OCH3 is 1. The molecule has 1 amide bonds. The lowest BCUT2D eigenvalue weighted by atomic mass is 9.97. The number of allylic oxidation sites excluding steroid dienone is 1. The number of likely N-dealkylation sites (tertiary alicyclic amines) is 1. The molecular formula is C19H25N3O4S. The predicted octanol–water partition coefficient (Wildman–Crippen LogP) is 2.35. The number of carbonyl (C=O) groups is 1.